The van der Waals surface area contributed by atoms with Crippen LogP contribution in [-0.4, -0.2) is 41.0 Å². The van der Waals surface area contributed by atoms with Crippen LogP contribution >= 0.6 is 0 Å². The largest absolute Gasteiger partial charge is 0.370 e. The van der Waals surface area contributed by atoms with Crippen LogP contribution in [0, 0.1) is 6.92 Å². The van der Waals surface area contributed by atoms with Crippen LogP contribution in [0.2, 0.25) is 0 Å². The summed E-state index contributed by atoms with van der Waals surface area (Å²) in [5.41, 5.74) is 3.31. The highest BCUT2D eigenvalue weighted by atomic mass is 32.2. The van der Waals surface area contributed by atoms with Gasteiger partial charge in [0.25, 0.3) is 0 Å². The first-order valence-corrected chi connectivity index (χ1v) is 10.9. The smallest absolute Gasteiger partial charge is 0.240 e. The van der Waals surface area contributed by atoms with Crippen LogP contribution in [0.3, 0.4) is 0 Å². The number of amides is 1. The van der Waals surface area contributed by atoms with Gasteiger partial charge >= 0.3 is 0 Å². The van der Waals surface area contributed by atoms with E-state index in [1.807, 2.05) is 6.07 Å². The van der Waals surface area contributed by atoms with E-state index in [9.17, 15) is 13.2 Å². The van der Waals surface area contributed by atoms with Gasteiger partial charge in [-0.3, -0.25) is 4.79 Å². The van der Waals surface area contributed by atoms with Gasteiger partial charge in [0, 0.05) is 31.7 Å². The van der Waals surface area contributed by atoms with E-state index in [0.717, 1.165) is 24.3 Å². The summed E-state index contributed by atoms with van der Waals surface area (Å²) in [6.45, 7) is 6.38. The van der Waals surface area contributed by atoms with Gasteiger partial charge in [0.2, 0.25) is 15.9 Å². The summed E-state index contributed by atoms with van der Waals surface area (Å²) in [5.74, 6) is -0.00721. The molecule has 0 aliphatic rings. The number of hydrogen-bond acceptors (Lipinski definition) is 4. The summed E-state index contributed by atoms with van der Waals surface area (Å²) in [4.78, 5) is 14.6. The summed E-state index contributed by atoms with van der Waals surface area (Å²) in [6, 6.07) is 14.9. The molecule has 28 heavy (non-hydrogen) atoms. The Hall–Kier alpha value is -2.38. The molecule has 0 saturated heterocycles. The molecule has 7 heteroatoms. The van der Waals surface area contributed by atoms with Gasteiger partial charge < -0.3 is 10.2 Å². The molecule has 0 fully saturated rings. The lowest BCUT2D eigenvalue weighted by Crippen LogP contribution is -2.35. The molecule has 0 saturated carbocycles. The summed E-state index contributed by atoms with van der Waals surface area (Å²) < 4.78 is 25.7. The van der Waals surface area contributed by atoms with Gasteiger partial charge in [-0.2, -0.15) is 0 Å². The summed E-state index contributed by atoms with van der Waals surface area (Å²) in [6.07, 6.45) is 0.940. The minimum absolute atomic E-state index is 0.00721. The number of likely N-dealkylation sites (N-methyl/N-ethyl adjacent to an activating group) is 1. The molecule has 152 valence electrons. The van der Waals surface area contributed by atoms with Gasteiger partial charge in [-0.25, -0.2) is 13.1 Å². The SMILES string of the molecule is CCN(CCNC(=O)CCc1ccc(S(=O)(=O)NC)cc1)c1cccc(C)c1. The second kappa shape index (κ2) is 10.2. The second-order valence-corrected chi connectivity index (χ2v) is 8.51. The maximum atomic E-state index is 12.1. The van der Waals surface area contributed by atoms with Crippen molar-refractivity contribution in [2.75, 3.05) is 31.6 Å². The first kappa shape index (κ1) is 21.9. The zero-order valence-corrected chi connectivity index (χ0v) is 17.6. The summed E-state index contributed by atoms with van der Waals surface area (Å²) >= 11 is 0. The standard InChI is InChI=1S/C21H29N3O3S/c1-4-24(19-7-5-6-17(2)16-19)15-14-23-21(25)13-10-18-8-11-20(12-9-18)28(26,27)22-3/h5-9,11-12,16,22H,4,10,13-15H2,1-3H3,(H,23,25). The lowest BCUT2D eigenvalue weighted by molar-refractivity contribution is -0.121. The van der Waals surface area contributed by atoms with E-state index >= 15 is 0 Å². The highest BCUT2D eigenvalue weighted by molar-refractivity contribution is 7.89. The molecule has 2 aromatic carbocycles. The third-order valence-electron chi connectivity index (χ3n) is 4.60. The Bertz CT molecular complexity index is 880. The molecule has 0 unspecified atom stereocenters. The number of anilines is 1. The first-order chi connectivity index (χ1) is 13.4. The Kier molecular flexibility index (Phi) is 8.02. The van der Waals surface area contributed by atoms with E-state index in [4.69, 9.17) is 0 Å². The first-order valence-electron chi connectivity index (χ1n) is 9.46. The van der Waals surface area contributed by atoms with Crippen LogP contribution in [0.15, 0.2) is 53.4 Å². The summed E-state index contributed by atoms with van der Waals surface area (Å²) in [5, 5.41) is 2.96. The molecule has 0 bridgehead atoms. The van der Waals surface area contributed by atoms with E-state index in [0.29, 0.717) is 19.4 Å². The van der Waals surface area contributed by atoms with Crippen molar-refractivity contribution in [1.29, 1.82) is 0 Å². The average Bonchev–Trinajstić information content (AvgIpc) is 2.70. The lowest BCUT2D eigenvalue weighted by atomic mass is 10.1. The van der Waals surface area contributed by atoms with Crippen LogP contribution in [0.4, 0.5) is 5.69 Å². The maximum Gasteiger partial charge on any atom is 0.240 e. The highest BCUT2D eigenvalue weighted by Crippen LogP contribution is 2.15. The molecule has 2 N–H and O–H groups in total. The van der Waals surface area contributed by atoms with Gasteiger partial charge in [-0.1, -0.05) is 24.3 Å². The van der Waals surface area contributed by atoms with Crippen molar-refractivity contribution < 1.29 is 13.2 Å². The number of sulfonamides is 1. The molecule has 6 nitrogen and oxygen atoms in total. The Morgan fingerprint density at radius 3 is 2.43 bits per heavy atom. The quantitative estimate of drug-likeness (QED) is 0.639. The Morgan fingerprint density at radius 1 is 1.11 bits per heavy atom. The molecule has 1 amide bonds. The predicted octanol–water partition coefficient (Wildman–Crippen LogP) is 2.48. The number of hydrogen-bond donors (Lipinski definition) is 2. The third kappa shape index (κ3) is 6.35. The highest BCUT2D eigenvalue weighted by Gasteiger charge is 2.11. The molecule has 0 radical (unpaired) electrons. The molecule has 0 aromatic heterocycles. The van der Waals surface area contributed by atoms with Crippen molar-refractivity contribution in [3.8, 4) is 0 Å². The van der Waals surface area contributed by atoms with E-state index < -0.39 is 10.0 Å². The van der Waals surface area contributed by atoms with Crippen molar-refractivity contribution >= 4 is 21.6 Å². The van der Waals surface area contributed by atoms with Gasteiger partial charge in [0.15, 0.2) is 0 Å². The van der Waals surface area contributed by atoms with Crippen LogP contribution in [0.5, 0.6) is 0 Å². The second-order valence-electron chi connectivity index (χ2n) is 6.62. The third-order valence-corrected chi connectivity index (χ3v) is 6.03. The van der Waals surface area contributed by atoms with Gasteiger partial charge in [0.1, 0.15) is 0 Å². The molecule has 2 rings (SSSR count). The molecule has 2 aromatic rings. The minimum Gasteiger partial charge on any atom is -0.370 e. The van der Waals surface area contributed by atoms with Crippen LogP contribution in [-0.2, 0) is 21.2 Å². The topological polar surface area (TPSA) is 78.5 Å². The normalized spacial score (nSPS) is 11.2. The fourth-order valence-electron chi connectivity index (χ4n) is 2.92. The van der Waals surface area contributed by atoms with Crippen LogP contribution in [0.1, 0.15) is 24.5 Å². The predicted molar refractivity (Wildman–Crippen MR) is 113 cm³/mol. The van der Waals surface area contributed by atoms with Crippen LogP contribution in [0.25, 0.3) is 0 Å². The number of nitrogens with one attached hydrogen (secondary N) is 2. The number of rotatable bonds is 10. The fourth-order valence-corrected chi connectivity index (χ4v) is 3.65. The van der Waals surface area contributed by atoms with Crippen molar-refractivity contribution in [2.45, 2.75) is 31.6 Å². The van der Waals surface area contributed by atoms with Crippen molar-refractivity contribution in [1.82, 2.24) is 10.0 Å². The van der Waals surface area contributed by atoms with Gasteiger partial charge in [-0.15, -0.1) is 0 Å². The fraction of sp³-hybridized carbons (Fsp3) is 0.381. The van der Waals surface area contributed by atoms with E-state index in [1.54, 1.807) is 24.3 Å². The van der Waals surface area contributed by atoms with Crippen molar-refractivity contribution in [2.24, 2.45) is 0 Å². The molecule has 0 heterocycles. The average molecular weight is 404 g/mol. The molecule has 0 aliphatic heterocycles. The maximum absolute atomic E-state index is 12.1. The minimum atomic E-state index is -3.43. The van der Waals surface area contributed by atoms with Gasteiger partial charge in [0.05, 0.1) is 4.90 Å². The van der Waals surface area contributed by atoms with E-state index in [-0.39, 0.29) is 10.8 Å². The van der Waals surface area contributed by atoms with Crippen molar-refractivity contribution in [3.05, 3.63) is 59.7 Å². The number of aryl methyl sites for hydroxylation is 2. The van der Waals surface area contributed by atoms with Gasteiger partial charge in [-0.05, 0) is 62.7 Å². The number of nitrogens with zero attached hydrogens (tertiary/aromatic N) is 1. The molecular formula is C21H29N3O3S. The summed E-state index contributed by atoms with van der Waals surface area (Å²) in [7, 11) is -2.05. The molecule has 0 spiro atoms. The van der Waals surface area contributed by atoms with Crippen molar-refractivity contribution in [3.63, 3.8) is 0 Å². The molecular weight excluding hydrogens is 374 g/mol. The molecule has 0 aliphatic carbocycles. The lowest BCUT2D eigenvalue weighted by Gasteiger charge is -2.23. The Balaban J connectivity index is 1.78. The zero-order chi connectivity index (χ0) is 20.6. The Labute approximate surface area is 168 Å². The van der Waals surface area contributed by atoms with E-state index in [2.05, 4.69) is 47.0 Å². The van der Waals surface area contributed by atoms with Crippen LogP contribution < -0.4 is 14.9 Å². The molecule has 0 atom stereocenters. The number of carbonyl (C=O) groups excluding carboxylic acids is 1. The Morgan fingerprint density at radius 2 is 1.82 bits per heavy atom. The van der Waals surface area contributed by atoms with E-state index in [1.165, 1.54) is 12.6 Å². The number of benzene rings is 2. The zero-order valence-electron chi connectivity index (χ0n) is 16.7. The number of carbonyl (C=O) groups is 1. The monoisotopic (exact) mass is 403 g/mol.